The number of hydrogen-bond acceptors (Lipinski definition) is 3. The van der Waals surface area contributed by atoms with Crippen LogP contribution in [0, 0.1) is 0 Å². The first-order valence-electron chi connectivity index (χ1n) is 3.23. The molecule has 0 saturated carbocycles. The Labute approximate surface area is 62.0 Å². The van der Waals surface area contributed by atoms with E-state index in [1.807, 2.05) is 6.92 Å². The van der Waals surface area contributed by atoms with Crippen LogP contribution in [-0.4, -0.2) is 5.01 Å². The zero-order valence-electron chi connectivity index (χ0n) is 6.59. The van der Waals surface area contributed by atoms with Crippen molar-refractivity contribution in [2.24, 2.45) is 11.6 Å². The van der Waals surface area contributed by atoms with Crippen molar-refractivity contribution in [2.45, 2.75) is 20.3 Å². The molecule has 0 amide bonds. The summed E-state index contributed by atoms with van der Waals surface area (Å²) >= 11 is 0. The Hall–Kier alpha value is -0.960. The highest BCUT2D eigenvalue weighted by Crippen LogP contribution is 2.00. The standard InChI is InChI=1S/C7H15N3/c1-4-7(3)10(9)5-6(2)8/h5H,3-4,8-9H2,1-2H3/b6-5-. The van der Waals surface area contributed by atoms with E-state index in [4.69, 9.17) is 11.6 Å². The summed E-state index contributed by atoms with van der Waals surface area (Å²) in [5.41, 5.74) is 6.91. The Morgan fingerprint density at radius 3 is 2.50 bits per heavy atom. The molecule has 0 saturated heterocycles. The van der Waals surface area contributed by atoms with Crippen molar-refractivity contribution >= 4 is 0 Å². The molecule has 4 N–H and O–H groups in total. The lowest BCUT2D eigenvalue weighted by atomic mass is 10.4. The largest absolute Gasteiger partial charge is 0.401 e. The summed E-state index contributed by atoms with van der Waals surface area (Å²) in [6.45, 7) is 7.50. The molecule has 58 valence electrons. The second kappa shape index (κ2) is 3.95. The van der Waals surface area contributed by atoms with E-state index in [0.717, 1.165) is 12.1 Å². The first-order valence-corrected chi connectivity index (χ1v) is 3.23. The molecule has 0 aliphatic rings. The molecule has 0 heterocycles. The fourth-order valence-electron chi connectivity index (χ4n) is 0.493. The molecule has 0 radical (unpaired) electrons. The zero-order chi connectivity index (χ0) is 8.15. The third-order valence-corrected chi connectivity index (χ3v) is 1.12. The predicted molar refractivity (Wildman–Crippen MR) is 43.4 cm³/mol. The molecule has 0 unspecified atom stereocenters. The number of nitrogens with zero attached hydrogens (tertiary/aromatic N) is 1. The van der Waals surface area contributed by atoms with Gasteiger partial charge in [-0.25, -0.2) is 5.84 Å². The normalized spacial score (nSPS) is 11.3. The van der Waals surface area contributed by atoms with Crippen LogP contribution >= 0.6 is 0 Å². The maximum Gasteiger partial charge on any atom is 0.0394 e. The Morgan fingerprint density at radius 1 is 1.70 bits per heavy atom. The molecule has 0 bridgehead atoms. The monoisotopic (exact) mass is 141 g/mol. The second-order valence-corrected chi connectivity index (χ2v) is 2.20. The molecule has 0 aliphatic carbocycles. The highest BCUT2D eigenvalue weighted by atomic mass is 15.4. The number of rotatable bonds is 3. The fourth-order valence-corrected chi connectivity index (χ4v) is 0.493. The molecule has 0 aromatic rings. The van der Waals surface area contributed by atoms with Gasteiger partial charge in [-0.05, 0) is 13.3 Å². The number of nitrogens with two attached hydrogens (primary N) is 2. The van der Waals surface area contributed by atoms with Gasteiger partial charge in [-0.2, -0.15) is 0 Å². The molecular weight excluding hydrogens is 126 g/mol. The van der Waals surface area contributed by atoms with Crippen molar-refractivity contribution in [3.63, 3.8) is 0 Å². The maximum atomic E-state index is 5.51. The van der Waals surface area contributed by atoms with Crippen LogP contribution in [-0.2, 0) is 0 Å². The first-order chi connectivity index (χ1) is 4.57. The summed E-state index contributed by atoms with van der Waals surface area (Å²) in [6, 6.07) is 0. The lowest BCUT2D eigenvalue weighted by Crippen LogP contribution is -2.24. The Balaban J connectivity index is 3.96. The number of allylic oxidation sites excluding steroid dienone is 2. The van der Waals surface area contributed by atoms with E-state index in [1.165, 1.54) is 5.01 Å². The quantitative estimate of drug-likeness (QED) is 0.453. The van der Waals surface area contributed by atoms with Crippen LogP contribution in [0.15, 0.2) is 24.2 Å². The first kappa shape index (κ1) is 9.04. The lowest BCUT2D eigenvalue weighted by molar-refractivity contribution is 0.473. The van der Waals surface area contributed by atoms with Crippen LogP contribution in [0.3, 0.4) is 0 Å². The molecule has 10 heavy (non-hydrogen) atoms. The van der Waals surface area contributed by atoms with Crippen molar-refractivity contribution in [1.82, 2.24) is 5.01 Å². The molecule has 0 spiro atoms. The van der Waals surface area contributed by atoms with Gasteiger partial charge in [0.25, 0.3) is 0 Å². The van der Waals surface area contributed by atoms with E-state index in [2.05, 4.69) is 6.58 Å². The third kappa shape index (κ3) is 3.14. The number of hydrazine groups is 1. The minimum atomic E-state index is 0.678. The van der Waals surface area contributed by atoms with Gasteiger partial charge in [-0.1, -0.05) is 13.5 Å². The van der Waals surface area contributed by atoms with Gasteiger partial charge in [0.2, 0.25) is 0 Å². The molecule has 0 aromatic carbocycles. The molecule has 0 atom stereocenters. The highest BCUT2D eigenvalue weighted by molar-refractivity contribution is 5.00. The van der Waals surface area contributed by atoms with Crippen molar-refractivity contribution in [1.29, 1.82) is 0 Å². The average Bonchev–Trinajstić information content (AvgIpc) is 1.85. The fraction of sp³-hybridized carbons (Fsp3) is 0.429. The van der Waals surface area contributed by atoms with Gasteiger partial charge >= 0.3 is 0 Å². The minimum Gasteiger partial charge on any atom is -0.401 e. The van der Waals surface area contributed by atoms with Gasteiger partial charge in [0.1, 0.15) is 0 Å². The molecule has 0 rings (SSSR count). The van der Waals surface area contributed by atoms with Crippen LogP contribution in [0.4, 0.5) is 0 Å². The van der Waals surface area contributed by atoms with E-state index in [0.29, 0.717) is 5.70 Å². The van der Waals surface area contributed by atoms with Gasteiger partial charge in [-0.3, -0.25) is 5.01 Å². The van der Waals surface area contributed by atoms with Crippen LogP contribution in [0.5, 0.6) is 0 Å². The lowest BCUT2D eigenvalue weighted by Gasteiger charge is -2.14. The SMILES string of the molecule is C=C(CC)N(N)/C=C(/C)N. The van der Waals surface area contributed by atoms with Gasteiger partial charge in [-0.15, -0.1) is 0 Å². The summed E-state index contributed by atoms with van der Waals surface area (Å²) < 4.78 is 0. The predicted octanol–water partition coefficient (Wildman–Crippen LogP) is 0.906. The van der Waals surface area contributed by atoms with Crippen LogP contribution in [0.1, 0.15) is 20.3 Å². The zero-order valence-corrected chi connectivity index (χ0v) is 6.59. The molecule has 0 fully saturated rings. The molecule has 0 aliphatic heterocycles. The summed E-state index contributed by atoms with van der Waals surface area (Å²) in [6.07, 6.45) is 2.48. The maximum absolute atomic E-state index is 5.51. The Bertz CT molecular complexity index is 145. The number of hydrogen-bond donors (Lipinski definition) is 2. The summed E-state index contributed by atoms with van der Waals surface area (Å²) in [5.74, 6) is 5.51. The highest BCUT2D eigenvalue weighted by Gasteiger charge is 1.94. The average molecular weight is 141 g/mol. The van der Waals surface area contributed by atoms with Crippen molar-refractivity contribution in [2.75, 3.05) is 0 Å². The smallest absolute Gasteiger partial charge is 0.0394 e. The van der Waals surface area contributed by atoms with E-state index in [1.54, 1.807) is 13.1 Å². The van der Waals surface area contributed by atoms with Gasteiger partial charge in [0.05, 0.1) is 0 Å². The summed E-state index contributed by atoms with van der Waals surface area (Å²) in [7, 11) is 0. The Kier molecular flexibility index (Phi) is 3.57. The van der Waals surface area contributed by atoms with Gasteiger partial charge in [0.15, 0.2) is 0 Å². The van der Waals surface area contributed by atoms with E-state index >= 15 is 0 Å². The van der Waals surface area contributed by atoms with Crippen molar-refractivity contribution in [3.05, 3.63) is 24.2 Å². The topological polar surface area (TPSA) is 55.3 Å². The third-order valence-electron chi connectivity index (χ3n) is 1.12. The van der Waals surface area contributed by atoms with Crippen LogP contribution in [0.25, 0.3) is 0 Å². The van der Waals surface area contributed by atoms with Crippen molar-refractivity contribution < 1.29 is 0 Å². The molecule has 0 aromatic heterocycles. The van der Waals surface area contributed by atoms with E-state index in [-0.39, 0.29) is 0 Å². The summed E-state index contributed by atoms with van der Waals surface area (Å²) in [5, 5.41) is 1.44. The van der Waals surface area contributed by atoms with Crippen LogP contribution in [0.2, 0.25) is 0 Å². The summed E-state index contributed by atoms with van der Waals surface area (Å²) in [4.78, 5) is 0. The van der Waals surface area contributed by atoms with Gasteiger partial charge < -0.3 is 5.73 Å². The van der Waals surface area contributed by atoms with Crippen molar-refractivity contribution in [3.8, 4) is 0 Å². The molecule has 3 heteroatoms. The van der Waals surface area contributed by atoms with Crippen LogP contribution < -0.4 is 11.6 Å². The van der Waals surface area contributed by atoms with Gasteiger partial charge in [0, 0.05) is 17.6 Å². The molecule has 3 nitrogen and oxygen atoms in total. The van der Waals surface area contributed by atoms with E-state index in [9.17, 15) is 0 Å². The molecular formula is C7H15N3. The van der Waals surface area contributed by atoms with E-state index < -0.39 is 0 Å². The second-order valence-electron chi connectivity index (χ2n) is 2.20. The Morgan fingerprint density at radius 2 is 2.20 bits per heavy atom. The minimum absolute atomic E-state index is 0.678.